The van der Waals surface area contributed by atoms with Crippen molar-refractivity contribution in [1.29, 1.82) is 0 Å². The van der Waals surface area contributed by atoms with Crippen LogP contribution in [0.5, 0.6) is 0 Å². The van der Waals surface area contributed by atoms with Crippen molar-refractivity contribution in [1.82, 2.24) is 19.8 Å². The van der Waals surface area contributed by atoms with Crippen molar-refractivity contribution in [2.75, 3.05) is 26.2 Å². The molecule has 0 aromatic carbocycles. The molecule has 3 aliphatic rings. The van der Waals surface area contributed by atoms with Gasteiger partial charge in [0.2, 0.25) is 5.91 Å². The molecule has 150 valence electrons. The lowest BCUT2D eigenvalue weighted by Crippen LogP contribution is -2.68. The van der Waals surface area contributed by atoms with Crippen molar-refractivity contribution in [2.24, 2.45) is 11.3 Å². The van der Waals surface area contributed by atoms with Crippen LogP contribution in [-0.2, 0) is 4.79 Å². The summed E-state index contributed by atoms with van der Waals surface area (Å²) in [7, 11) is 0. The number of aromatic nitrogens is 2. The third kappa shape index (κ3) is 4.18. The van der Waals surface area contributed by atoms with Crippen molar-refractivity contribution in [3.8, 4) is 0 Å². The first kappa shape index (κ1) is 20.2. The molecular weight excluding hydrogens is 336 g/mol. The molecular formula is C22H36N4O. The first-order chi connectivity index (χ1) is 13.0. The second kappa shape index (κ2) is 8.26. The SMILES string of the molecule is CC.Cc1ncc(C2CCN(C3CC4(C3)CN(C(=O)C(C)C)C4)CC2)cn1. The summed E-state index contributed by atoms with van der Waals surface area (Å²) in [6, 6.07) is 0.742. The minimum atomic E-state index is 0.137. The normalized spacial score (nSPS) is 22.8. The molecule has 1 saturated carbocycles. The van der Waals surface area contributed by atoms with Crippen molar-refractivity contribution in [3.63, 3.8) is 0 Å². The molecule has 1 aliphatic carbocycles. The largest absolute Gasteiger partial charge is 0.341 e. The topological polar surface area (TPSA) is 49.3 Å². The zero-order valence-electron chi connectivity index (χ0n) is 17.7. The van der Waals surface area contributed by atoms with Crippen LogP contribution in [0.1, 0.15) is 70.7 Å². The summed E-state index contributed by atoms with van der Waals surface area (Å²) in [4.78, 5) is 25.5. The number of carbonyl (C=O) groups is 1. The zero-order chi connectivity index (χ0) is 19.6. The number of piperidine rings is 1. The van der Waals surface area contributed by atoms with Crippen LogP contribution in [-0.4, -0.2) is 57.9 Å². The van der Waals surface area contributed by atoms with Gasteiger partial charge in [-0.15, -0.1) is 0 Å². The molecule has 5 nitrogen and oxygen atoms in total. The van der Waals surface area contributed by atoms with Crippen molar-refractivity contribution < 1.29 is 4.79 Å². The predicted molar refractivity (Wildman–Crippen MR) is 109 cm³/mol. The lowest BCUT2D eigenvalue weighted by Gasteiger charge is -2.61. The highest BCUT2D eigenvalue weighted by Crippen LogP contribution is 2.51. The van der Waals surface area contributed by atoms with Crippen LogP contribution in [0.3, 0.4) is 0 Å². The maximum absolute atomic E-state index is 12.0. The summed E-state index contributed by atoms with van der Waals surface area (Å²) >= 11 is 0. The van der Waals surface area contributed by atoms with Crippen molar-refractivity contribution >= 4 is 5.91 Å². The Morgan fingerprint density at radius 3 is 2.19 bits per heavy atom. The minimum absolute atomic E-state index is 0.137. The lowest BCUT2D eigenvalue weighted by molar-refractivity contribution is -0.161. The van der Waals surface area contributed by atoms with Gasteiger partial charge in [-0.25, -0.2) is 9.97 Å². The summed E-state index contributed by atoms with van der Waals surface area (Å²) in [5.74, 6) is 1.94. The van der Waals surface area contributed by atoms with E-state index in [0.717, 1.165) is 25.0 Å². The molecule has 3 heterocycles. The fourth-order valence-electron chi connectivity index (χ4n) is 4.95. The highest BCUT2D eigenvalue weighted by molar-refractivity contribution is 5.79. The summed E-state index contributed by atoms with van der Waals surface area (Å²) in [5, 5.41) is 0. The van der Waals surface area contributed by atoms with Gasteiger partial charge < -0.3 is 9.80 Å². The molecule has 1 amide bonds. The Morgan fingerprint density at radius 2 is 1.67 bits per heavy atom. The summed E-state index contributed by atoms with van der Waals surface area (Å²) in [5.41, 5.74) is 1.76. The van der Waals surface area contributed by atoms with Gasteiger partial charge >= 0.3 is 0 Å². The first-order valence-electron chi connectivity index (χ1n) is 10.8. The molecule has 1 aromatic heterocycles. The first-order valence-corrected chi connectivity index (χ1v) is 10.8. The molecule has 3 fully saturated rings. The number of rotatable bonds is 3. The second-order valence-electron chi connectivity index (χ2n) is 8.78. The molecule has 2 saturated heterocycles. The summed E-state index contributed by atoms with van der Waals surface area (Å²) in [6.07, 6.45) is 9.02. The van der Waals surface area contributed by atoms with Gasteiger partial charge in [0.15, 0.2) is 0 Å². The average molecular weight is 373 g/mol. The number of carbonyl (C=O) groups excluding carboxylic acids is 1. The van der Waals surface area contributed by atoms with Crippen LogP contribution in [0, 0.1) is 18.3 Å². The van der Waals surface area contributed by atoms with Crippen LogP contribution >= 0.6 is 0 Å². The molecule has 0 bridgehead atoms. The molecule has 0 unspecified atom stereocenters. The van der Waals surface area contributed by atoms with Crippen LogP contribution in [0.15, 0.2) is 12.4 Å². The van der Waals surface area contributed by atoms with E-state index in [0.29, 0.717) is 17.2 Å². The molecule has 5 heteroatoms. The maximum atomic E-state index is 12.0. The van der Waals surface area contributed by atoms with E-state index in [9.17, 15) is 4.79 Å². The Hall–Kier alpha value is -1.49. The number of amides is 1. The molecule has 27 heavy (non-hydrogen) atoms. The molecule has 0 atom stereocenters. The van der Waals surface area contributed by atoms with E-state index >= 15 is 0 Å². The average Bonchev–Trinajstić information content (AvgIpc) is 2.62. The monoisotopic (exact) mass is 372 g/mol. The highest BCUT2D eigenvalue weighted by atomic mass is 16.2. The smallest absolute Gasteiger partial charge is 0.225 e. The fraction of sp³-hybridized carbons (Fsp3) is 0.773. The maximum Gasteiger partial charge on any atom is 0.225 e. The molecule has 2 aliphatic heterocycles. The summed E-state index contributed by atoms with van der Waals surface area (Å²) < 4.78 is 0. The van der Waals surface area contributed by atoms with Crippen molar-refractivity contribution in [3.05, 3.63) is 23.8 Å². The Labute approximate surface area is 164 Å². The van der Waals surface area contributed by atoms with Gasteiger partial charge in [-0.3, -0.25) is 4.79 Å². The minimum Gasteiger partial charge on any atom is -0.341 e. The molecule has 1 spiro atoms. The van der Waals surface area contributed by atoms with E-state index in [2.05, 4.69) is 19.8 Å². The summed E-state index contributed by atoms with van der Waals surface area (Å²) in [6.45, 7) is 14.3. The Balaban J connectivity index is 0.00000102. The van der Waals surface area contributed by atoms with E-state index in [1.54, 1.807) is 0 Å². The quantitative estimate of drug-likeness (QED) is 0.813. The van der Waals surface area contributed by atoms with E-state index < -0.39 is 0 Å². The number of nitrogens with zero attached hydrogens (tertiary/aromatic N) is 4. The Kier molecular flexibility index (Phi) is 6.19. The lowest BCUT2D eigenvalue weighted by atomic mass is 9.60. The van der Waals surface area contributed by atoms with Crippen LogP contribution in [0.4, 0.5) is 0 Å². The number of likely N-dealkylation sites (tertiary alicyclic amines) is 2. The number of hydrogen-bond acceptors (Lipinski definition) is 4. The third-order valence-electron chi connectivity index (χ3n) is 6.51. The fourth-order valence-corrected chi connectivity index (χ4v) is 4.95. The Bertz CT molecular complexity index is 620. The van der Waals surface area contributed by atoms with Gasteiger partial charge in [0.25, 0.3) is 0 Å². The van der Waals surface area contributed by atoms with E-state index in [1.807, 2.05) is 47.0 Å². The predicted octanol–water partition coefficient (Wildman–Crippen LogP) is 3.64. The van der Waals surface area contributed by atoms with Crippen LogP contribution in [0.2, 0.25) is 0 Å². The van der Waals surface area contributed by atoms with Crippen LogP contribution in [0.25, 0.3) is 0 Å². The van der Waals surface area contributed by atoms with Gasteiger partial charge in [-0.05, 0) is 57.2 Å². The zero-order valence-corrected chi connectivity index (χ0v) is 17.7. The van der Waals surface area contributed by atoms with E-state index in [1.165, 1.54) is 44.3 Å². The van der Waals surface area contributed by atoms with E-state index in [-0.39, 0.29) is 5.92 Å². The van der Waals surface area contributed by atoms with Gasteiger partial charge in [-0.2, -0.15) is 0 Å². The van der Waals surface area contributed by atoms with Crippen LogP contribution < -0.4 is 0 Å². The van der Waals surface area contributed by atoms with Gasteiger partial charge in [-0.1, -0.05) is 27.7 Å². The standard InChI is InChI=1S/C20H30N4O.C2H6/c1-14(2)19(25)24-12-20(13-24)8-18(9-20)23-6-4-16(5-7-23)17-10-21-15(3)22-11-17;1-2/h10-11,14,16,18H,4-9,12-13H2,1-3H3;1-2H3. The van der Waals surface area contributed by atoms with Crippen molar-refractivity contribution in [2.45, 2.75) is 72.3 Å². The van der Waals surface area contributed by atoms with Gasteiger partial charge in [0.1, 0.15) is 5.82 Å². The molecule has 0 N–H and O–H groups in total. The third-order valence-corrected chi connectivity index (χ3v) is 6.51. The molecule has 1 aromatic rings. The number of aryl methyl sites for hydroxylation is 1. The van der Waals surface area contributed by atoms with Gasteiger partial charge in [0.05, 0.1) is 0 Å². The number of hydrogen-bond donors (Lipinski definition) is 0. The highest BCUT2D eigenvalue weighted by Gasteiger charge is 2.55. The molecule has 0 radical (unpaired) electrons. The van der Waals surface area contributed by atoms with Gasteiger partial charge in [0, 0.05) is 42.9 Å². The molecule has 4 rings (SSSR count). The Morgan fingerprint density at radius 1 is 1.11 bits per heavy atom. The van der Waals surface area contributed by atoms with E-state index in [4.69, 9.17) is 0 Å². The second-order valence-corrected chi connectivity index (χ2v) is 8.78.